The molecule has 1 amide bonds. The van der Waals surface area contributed by atoms with E-state index in [4.69, 9.17) is 11.6 Å². The summed E-state index contributed by atoms with van der Waals surface area (Å²) in [5, 5.41) is 16.4. The molecule has 0 saturated carbocycles. The molecule has 0 unspecified atom stereocenters. The van der Waals surface area contributed by atoms with Crippen molar-refractivity contribution in [1.82, 2.24) is 5.32 Å². The summed E-state index contributed by atoms with van der Waals surface area (Å²) in [6.07, 6.45) is -4.86. The minimum absolute atomic E-state index is 0.293. The van der Waals surface area contributed by atoms with E-state index >= 15 is 0 Å². The Bertz CT molecular complexity index is 890. The third-order valence-electron chi connectivity index (χ3n) is 4.02. The number of amides is 1. The molecule has 0 aliphatic rings. The number of carbonyl (C=O) groups excluding carboxylic acids is 1. The highest BCUT2D eigenvalue weighted by Crippen LogP contribution is 2.37. The number of hydrogen-bond donors (Lipinski definition) is 2. The molecular formula is C18H17ClF3N3O3. The van der Waals surface area contributed by atoms with Gasteiger partial charge in [-0.2, -0.15) is 13.2 Å². The van der Waals surface area contributed by atoms with E-state index in [1.807, 2.05) is 0 Å². The molecule has 2 N–H and O–H groups in total. The minimum Gasteiger partial charge on any atom is -0.324 e. The lowest BCUT2D eigenvalue weighted by Gasteiger charge is -2.21. The second-order valence-corrected chi connectivity index (χ2v) is 6.58. The number of carbonyl (C=O) groups is 1. The van der Waals surface area contributed by atoms with Gasteiger partial charge in [0.2, 0.25) is 5.91 Å². The van der Waals surface area contributed by atoms with E-state index in [9.17, 15) is 28.1 Å². The van der Waals surface area contributed by atoms with E-state index in [2.05, 4.69) is 10.6 Å². The summed E-state index contributed by atoms with van der Waals surface area (Å²) in [4.78, 5) is 22.1. The standard InChI is InChI=1S/C18H17ClF3N3O3/c1-10(12-4-3-5-13(19)8-12)23-11(2)17(26)24-16-7-6-14(25(27)28)9-15(16)18(20,21)22/h3-11,23H,1-2H3,(H,24,26)/t10-,11+/m1/s1. The van der Waals surface area contributed by atoms with Gasteiger partial charge in [-0.25, -0.2) is 0 Å². The highest BCUT2D eigenvalue weighted by Gasteiger charge is 2.36. The number of nitrogens with one attached hydrogen (secondary N) is 2. The number of rotatable bonds is 6. The highest BCUT2D eigenvalue weighted by molar-refractivity contribution is 6.30. The monoisotopic (exact) mass is 415 g/mol. The van der Waals surface area contributed by atoms with Crippen LogP contribution in [-0.4, -0.2) is 16.9 Å². The molecule has 10 heteroatoms. The van der Waals surface area contributed by atoms with Crippen LogP contribution >= 0.6 is 11.6 Å². The number of nitro benzene ring substituents is 1. The highest BCUT2D eigenvalue weighted by atomic mass is 35.5. The van der Waals surface area contributed by atoms with E-state index in [0.29, 0.717) is 11.1 Å². The van der Waals surface area contributed by atoms with Crippen LogP contribution < -0.4 is 10.6 Å². The first-order chi connectivity index (χ1) is 13.0. The Kier molecular flexibility index (Phi) is 6.63. The molecule has 0 bridgehead atoms. The Morgan fingerprint density at radius 1 is 1.18 bits per heavy atom. The van der Waals surface area contributed by atoms with Crippen molar-refractivity contribution in [2.24, 2.45) is 0 Å². The van der Waals surface area contributed by atoms with Gasteiger partial charge in [-0.15, -0.1) is 0 Å². The predicted octanol–water partition coefficient (Wildman–Crippen LogP) is 4.94. The molecule has 2 aromatic rings. The number of alkyl halides is 3. The van der Waals surface area contributed by atoms with E-state index in [-0.39, 0.29) is 6.04 Å². The smallest absolute Gasteiger partial charge is 0.324 e. The molecule has 0 aliphatic heterocycles. The first-order valence-electron chi connectivity index (χ1n) is 8.17. The fourth-order valence-electron chi connectivity index (χ4n) is 2.55. The van der Waals surface area contributed by atoms with Gasteiger partial charge in [0.15, 0.2) is 0 Å². The molecule has 0 radical (unpaired) electrons. The van der Waals surface area contributed by atoms with Crippen LogP contribution in [0.1, 0.15) is 31.0 Å². The van der Waals surface area contributed by atoms with Crippen LogP contribution in [0.5, 0.6) is 0 Å². The number of nitro groups is 1. The summed E-state index contributed by atoms with van der Waals surface area (Å²) in [6, 6.07) is 7.97. The first-order valence-corrected chi connectivity index (χ1v) is 8.55. The Hall–Kier alpha value is -2.65. The van der Waals surface area contributed by atoms with Crippen LogP contribution in [-0.2, 0) is 11.0 Å². The van der Waals surface area contributed by atoms with Gasteiger partial charge in [-0.05, 0) is 37.6 Å². The Balaban J connectivity index is 2.16. The lowest BCUT2D eigenvalue weighted by Crippen LogP contribution is -2.39. The zero-order valence-electron chi connectivity index (χ0n) is 14.9. The zero-order chi connectivity index (χ0) is 21.1. The Labute approximate surface area is 163 Å². The average Bonchev–Trinajstić information content (AvgIpc) is 2.60. The van der Waals surface area contributed by atoms with Crippen LogP contribution in [0.25, 0.3) is 0 Å². The topological polar surface area (TPSA) is 84.3 Å². The van der Waals surface area contributed by atoms with Crippen molar-refractivity contribution in [2.45, 2.75) is 32.1 Å². The van der Waals surface area contributed by atoms with Gasteiger partial charge < -0.3 is 5.32 Å². The molecule has 2 rings (SSSR count). The Morgan fingerprint density at radius 3 is 2.43 bits per heavy atom. The van der Waals surface area contributed by atoms with Gasteiger partial charge in [0.1, 0.15) is 0 Å². The van der Waals surface area contributed by atoms with Crippen molar-refractivity contribution >= 4 is 28.9 Å². The minimum atomic E-state index is -4.86. The van der Waals surface area contributed by atoms with E-state index in [1.54, 1.807) is 31.2 Å². The van der Waals surface area contributed by atoms with Crippen molar-refractivity contribution in [1.29, 1.82) is 0 Å². The maximum atomic E-state index is 13.2. The lowest BCUT2D eigenvalue weighted by molar-refractivity contribution is -0.385. The van der Waals surface area contributed by atoms with Gasteiger partial charge in [-0.3, -0.25) is 20.2 Å². The second-order valence-electron chi connectivity index (χ2n) is 6.14. The number of benzene rings is 2. The molecule has 2 atom stereocenters. The normalized spacial score (nSPS) is 13.6. The van der Waals surface area contributed by atoms with Crippen molar-refractivity contribution < 1.29 is 22.9 Å². The SMILES string of the molecule is C[C@H](N[C@H](C)c1cccc(Cl)c1)C(=O)Nc1ccc([N+](=O)[O-])cc1C(F)(F)F. The number of nitrogens with zero attached hydrogens (tertiary/aromatic N) is 1. The predicted molar refractivity (Wildman–Crippen MR) is 99.2 cm³/mol. The van der Waals surface area contributed by atoms with Gasteiger partial charge in [0, 0.05) is 23.2 Å². The van der Waals surface area contributed by atoms with Gasteiger partial charge in [-0.1, -0.05) is 23.7 Å². The maximum Gasteiger partial charge on any atom is 0.418 e. The summed E-state index contributed by atoms with van der Waals surface area (Å²) in [5.41, 5.74) is -1.75. The van der Waals surface area contributed by atoms with E-state index < -0.39 is 40.0 Å². The summed E-state index contributed by atoms with van der Waals surface area (Å²) in [6.45, 7) is 3.28. The number of non-ortho nitro benzene ring substituents is 1. The Morgan fingerprint density at radius 2 is 1.86 bits per heavy atom. The van der Waals surface area contributed by atoms with Crippen molar-refractivity contribution in [2.75, 3.05) is 5.32 Å². The van der Waals surface area contributed by atoms with Crippen LogP contribution in [0.15, 0.2) is 42.5 Å². The largest absolute Gasteiger partial charge is 0.418 e. The molecule has 6 nitrogen and oxygen atoms in total. The van der Waals surface area contributed by atoms with Crippen LogP contribution in [0, 0.1) is 10.1 Å². The molecule has 0 spiro atoms. The third-order valence-corrected chi connectivity index (χ3v) is 4.25. The summed E-state index contributed by atoms with van der Waals surface area (Å²) in [5.74, 6) is -0.715. The van der Waals surface area contributed by atoms with E-state index in [1.165, 1.54) is 6.92 Å². The van der Waals surface area contributed by atoms with Gasteiger partial charge >= 0.3 is 6.18 Å². The fraction of sp³-hybridized carbons (Fsp3) is 0.278. The van der Waals surface area contributed by atoms with E-state index in [0.717, 1.165) is 17.7 Å². The molecule has 0 heterocycles. The fourth-order valence-corrected chi connectivity index (χ4v) is 2.75. The van der Waals surface area contributed by atoms with Crippen LogP contribution in [0.4, 0.5) is 24.5 Å². The quantitative estimate of drug-likeness (QED) is 0.516. The number of halogens is 4. The summed E-state index contributed by atoms with van der Waals surface area (Å²) >= 11 is 5.93. The summed E-state index contributed by atoms with van der Waals surface area (Å²) in [7, 11) is 0. The second kappa shape index (κ2) is 8.57. The maximum absolute atomic E-state index is 13.2. The van der Waals surface area contributed by atoms with Gasteiger partial charge in [0.25, 0.3) is 5.69 Å². The summed E-state index contributed by atoms with van der Waals surface area (Å²) < 4.78 is 39.6. The molecule has 28 heavy (non-hydrogen) atoms. The molecule has 0 aliphatic carbocycles. The zero-order valence-corrected chi connectivity index (χ0v) is 15.6. The molecule has 150 valence electrons. The molecule has 0 aromatic heterocycles. The molecule has 0 saturated heterocycles. The van der Waals surface area contributed by atoms with Gasteiger partial charge in [0.05, 0.1) is 22.2 Å². The third kappa shape index (κ3) is 5.43. The number of hydrogen-bond acceptors (Lipinski definition) is 4. The molecule has 2 aromatic carbocycles. The number of anilines is 1. The van der Waals surface area contributed by atoms with Crippen LogP contribution in [0.3, 0.4) is 0 Å². The average molecular weight is 416 g/mol. The van der Waals surface area contributed by atoms with Crippen molar-refractivity contribution in [3.8, 4) is 0 Å². The molecular weight excluding hydrogens is 399 g/mol. The van der Waals surface area contributed by atoms with Crippen molar-refractivity contribution in [3.05, 3.63) is 68.7 Å². The molecule has 0 fully saturated rings. The van der Waals surface area contributed by atoms with Crippen LogP contribution in [0.2, 0.25) is 5.02 Å². The van der Waals surface area contributed by atoms with Crippen molar-refractivity contribution in [3.63, 3.8) is 0 Å². The first kappa shape index (κ1) is 21.6. The lowest BCUT2D eigenvalue weighted by atomic mass is 10.1.